The number of aliphatic imine (C=N–C) groups is 1. The highest BCUT2D eigenvalue weighted by Gasteiger charge is 2.27. The SMILES string of the molecule is CCN(CCNC(=NC)NC(C)c1cccc(N2CCCC2)c1)C1CC1.I. The van der Waals surface area contributed by atoms with E-state index in [1.807, 2.05) is 7.05 Å². The molecule has 0 spiro atoms. The number of nitrogens with zero attached hydrogens (tertiary/aromatic N) is 3. The summed E-state index contributed by atoms with van der Waals surface area (Å²) in [5.74, 6) is 0.885. The van der Waals surface area contributed by atoms with Crippen molar-refractivity contribution in [3.8, 4) is 0 Å². The number of hydrogen-bond acceptors (Lipinski definition) is 3. The maximum Gasteiger partial charge on any atom is 0.191 e. The van der Waals surface area contributed by atoms with Gasteiger partial charge in [-0.25, -0.2) is 0 Å². The van der Waals surface area contributed by atoms with Crippen LogP contribution in [-0.4, -0.2) is 56.7 Å². The molecule has 0 amide bonds. The van der Waals surface area contributed by atoms with Crippen LogP contribution in [0.3, 0.4) is 0 Å². The van der Waals surface area contributed by atoms with E-state index in [1.165, 1.54) is 50.0 Å². The molecule has 5 nitrogen and oxygen atoms in total. The number of hydrogen-bond donors (Lipinski definition) is 2. The number of benzene rings is 1. The van der Waals surface area contributed by atoms with Crippen LogP contribution < -0.4 is 15.5 Å². The number of guanidine groups is 1. The molecule has 1 atom stereocenters. The Morgan fingerprint density at radius 2 is 2.04 bits per heavy atom. The van der Waals surface area contributed by atoms with Crippen molar-refractivity contribution in [3.05, 3.63) is 29.8 Å². The lowest BCUT2D eigenvalue weighted by molar-refractivity contribution is 0.282. The molecule has 1 aliphatic carbocycles. The molecule has 1 aromatic carbocycles. The fraction of sp³-hybridized carbons (Fsp3) is 0.667. The van der Waals surface area contributed by atoms with Gasteiger partial charge in [0, 0.05) is 45.0 Å². The number of likely N-dealkylation sites (N-methyl/N-ethyl adjacent to an activating group) is 1. The van der Waals surface area contributed by atoms with Crippen molar-refractivity contribution >= 4 is 35.6 Å². The summed E-state index contributed by atoms with van der Waals surface area (Å²) in [5, 5.41) is 7.01. The van der Waals surface area contributed by atoms with Gasteiger partial charge in [-0.2, -0.15) is 0 Å². The third kappa shape index (κ3) is 6.52. The van der Waals surface area contributed by atoms with Crippen LogP contribution in [0.2, 0.25) is 0 Å². The minimum atomic E-state index is 0. The molecule has 1 heterocycles. The average molecular weight is 485 g/mol. The highest BCUT2D eigenvalue weighted by molar-refractivity contribution is 14.0. The molecule has 1 unspecified atom stereocenters. The van der Waals surface area contributed by atoms with E-state index in [4.69, 9.17) is 0 Å². The zero-order chi connectivity index (χ0) is 18.4. The third-order valence-corrected chi connectivity index (χ3v) is 5.58. The maximum atomic E-state index is 4.40. The fourth-order valence-corrected chi connectivity index (χ4v) is 3.81. The van der Waals surface area contributed by atoms with Crippen LogP contribution >= 0.6 is 24.0 Å². The molecule has 6 heteroatoms. The third-order valence-electron chi connectivity index (χ3n) is 5.58. The standard InChI is InChI=1S/C21H35N5.HI/c1-4-25(19-10-11-19)15-12-23-21(22-3)24-17(2)18-8-7-9-20(16-18)26-13-5-6-14-26;/h7-9,16-17,19H,4-6,10-15H2,1-3H3,(H2,22,23,24);1H. The normalized spacial score (nSPS) is 18.4. The van der Waals surface area contributed by atoms with Gasteiger partial charge in [-0.15, -0.1) is 24.0 Å². The average Bonchev–Trinajstić information content (AvgIpc) is 3.36. The zero-order valence-electron chi connectivity index (χ0n) is 17.1. The van der Waals surface area contributed by atoms with Crippen molar-refractivity contribution in [3.63, 3.8) is 0 Å². The predicted octanol–water partition coefficient (Wildman–Crippen LogP) is 3.62. The van der Waals surface area contributed by atoms with Gasteiger partial charge in [-0.05, 0) is 56.8 Å². The van der Waals surface area contributed by atoms with Gasteiger partial charge < -0.3 is 15.5 Å². The van der Waals surface area contributed by atoms with Gasteiger partial charge in [0.05, 0.1) is 6.04 Å². The van der Waals surface area contributed by atoms with Crippen LogP contribution in [0.4, 0.5) is 5.69 Å². The van der Waals surface area contributed by atoms with Crippen molar-refractivity contribution in [2.24, 2.45) is 4.99 Å². The zero-order valence-corrected chi connectivity index (χ0v) is 19.4. The van der Waals surface area contributed by atoms with Crippen molar-refractivity contribution in [1.82, 2.24) is 15.5 Å². The Hall–Kier alpha value is -1.02. The minimum absolute atomic E-state index is 0. The molecule has 2 aliphatic rings. The number of anilines is 1. The molecule has 152 valence electrons. The van der Waals surface area contributed by atoms with E-state index in [1.54, 1.807) is 0 Å². The smallest absolute Gasteiger partial charge is 0.191 e. The molecule has 1 saturated carbocycles. The van der Waals surface area contributed by atoms with E-state index in [9.17, 15) is 0 Å². The van der Waals surface area contributed by atoms with Crippen LogP contribution in [0.5, 0.6) is 0 Å². The molecule has 0 radical (unpaired) electrons. The lowest BCUT2D eigenvalue weighted by atomic mass is 10.1. The van der Waals surface area contributed by atoms with Gasteiger partial charge in [0.1, 0.15) is 0 Å². The van der Waals surface area contributed by atoms with Crippen LogP contribution in [0.1, 0.15) is 51.1 Å². The highest BCUT2D eigenvalue weighted by atomic mass is 127. The molecule has 1 aliphatic heterocycles. The van der Waals surface area contributed by atoms with Gasteiger partial charge in [-0.3, -0.25) is 9.89 Å². The molecular weight excluding hydrogens is 449 g/mol. The van der Waals surface area contributed by atoms with Gasteiger partial charge >= 0.3 is 0 Å². The Bertz CT molecular complexity index is 596. The molecule has 0 aromatic heterocycles. The largest absolute Gasteiger partial charge is 0.372 e. The molecule has 2 fully saturated rings. The first-order valence-corrected chi connectivity index (χ1v) is 10.3. The number of nitrogens with one attached hydrogen (secondary N) is 2. The molecule has 2 N–H and O–H groups in total. The Morgan fingerprint density at radius 1 is 1.30 bits per heavy atom. The molecule has 3 rings (SSSR count). The summed E-state index contributed by atoms with van der Waals surface area (Å²) in [7, 11) is 1.85. The first-order valence-electron chi connectivity index (χ1n) is 10.3. The summed E-state index contributed by atoms with van der Waals surface area (Å²) in [5.41, 5.74) is 2.66. The lowest BCUT2D eigenvalue weighted by Crippen LogP contribution is -2.42. The molecule has 1 saturated heterocycles. The van der Waals surface area contributed by atoms with Gasteiger partial charge in [0.25, 0.3) is 0 Å². The monoisotopic (exact) mass is 485 g/mol. The fourth-order valence-electron chi connectivity index (χ4n) is 3.81. The van der Waals surface area contributed by atoms with E-state index in [0.29, 0.717) is 0 Å². The van der Waals surface area contributed by atoms with Crippen molar-refractivity contribution < 1.29 is 0 Å². The maximum absolute atomic E-state index is 4.40. The highest BCUT2D eigenvalue weighted by Crippen LogP contribution is 2.26. The first kappa shape index (κ1) is 22.3. The summed E-state index contributed by atoms with van der Waals surface area (Å²) in [6.07, 6.45) is 5.35. The summed E-state index contributed by atoms with van der Waals surface area (Å²) in [6, 6.07) is 9.98. The molecular formula is C21H36IN5. The first-order chi connectivity index (χ1) is 12.7. The topological polar surface area (TPSA) is 42.9 Å². The van der Waals surface area contributed by atoms with Crippen molar-refractivity contribution in [2.75, 3.05) is 44.7 Å². The van der Waals surface area contributed by atoms with Crippen LogP contribution in [0.15, 0.2) is 29.3 Å². The summed E-state index contributed by atoms with van der Waals surface area (Å²) in [6.45, 7) is 9.98. The van der Waals surface area contributed by atoms with Crippen LogP contribution in [0.25, 0.3) is 0 Å². The Labute approximate surface area is 182 Å². The van der Waals surface area contributed by atoms with Crippen LogP contribution in [-0.2, 0) is 0 Å². The predicted molar refractivity (Wildman–Crippen MR) is 126 cm³/mol. The van der Waals surface area contributed by atoms with Crippen molar-refractivity contribution in [2.45, 2.75) is 51.6 Å². The Morgan fingerprint density at radius 3 is 2.67 bits per heavy atom. The van der Waals surface area contributed by atoms with E-state index >= 15 is 0 Å². The Balaban J connectivity index is 0.00000261. The number of halogens is 1. The van der Waals surface area contributed by atoms with E-state index < -0.39 is 0 Å². The second-order valence-corrected chi connectivity index (χ2v) is 7.51. The second-order valence-electron chi connectivity index (χ2n) is 7.51. The summed E-state index contributed by atoms with van der Waals surface area (Å²) >= 11 is 0. The van der Waals surface area contributed by atoms with Gasteiger partial charge in [-0.1, -0.05) is 19.1 Å². The van der Waals surface area contributed by atoms with E-state index in [2.05, 4.69) is 63.5 Å². The summed E-state index contributed by atoms with van der Waals surface area (Å²) in [4.78, 5) is 9.45. The molecule has 0 bridgehead atoms. The molecule has 1 aromatic rings. The van der Waals surface area contributed by atoms with Crippen LogP contribution in [0, 0.1) is 0 Å². The lowest BCUT2D eigenvalue weighted by Gasteiger charge is -2.23. The Kier molecular flexibility index (Phi) is 9.15. The van der Waals surface area contributed by atoms with Crippen molar-refractivity contribution in [1.29, 1.82) is 0 Å². The van der Waals surface area contributed by atoms with E-state index in [0.717, 1.165) is 31.6 Å². The number of rotatable bonds is 8. The second kappa shape index (κ2) is 11.1. The minimum Gasteiger partial charge on any atom is -0.372 e. The van der Waals surface area contributed by atoms with E-state index in [-0.39, 0.29) is 30.0 Å². The molecule has 27 heavy (non-hydrogen) atoms. The quantitative estimate of drug-likeness (QED) is 0.336. The summed E-state index contributed by atoms with van der Waals surface area (Å²) < 4.78 is 0. The van der Waals surface area contributed by atoms with Gasteiger partial charge in [0.2, 0.25) is 0 Å². The van der Waals surface area contributed by atoms with Gasteiger partial charge in [0.15, 0.2) is 5.96 Å².